The summed E-state index contributed by atoms with van der Waals surface area (Å²) in [5, 5.41) is 0. The molecule has 0 atom stereocenters. The van der Waals surface area contributed by atoms with Crippen molar-refractivity contribution in [1.29, 1.82) is 0 Å². The van der Waals surface area contributed by atoms with Gasteiger partial charge >= 0.3 is 0 Å². The molecule has 2 rings (SSSR count). The van der Waals surface area contributed by atoms with E-state index >= 15 is 0 Å². The number of nitrogens with two attached hydrogens (primary N) is 1. The number of hydrogen-bond donors (Lipinski definition) is 1. The van der Waals surface area contributed by atoms with E-state index in [2.05, 4.69) is 50.9 Å². The fourth-order valence-electron chi connectivity index (χ4n) is 3.38. The van der Waals surface area contributed by atoms with Crippen LogP contribution in [-0.2, 0) is 6.54 Å². The summed E-state index contributed by atoms with van der Waals surface area (Å²) in [4.78, 5) is 2.50. The number of benzene rings is 1. The fourth-order valence-corrected chi connectivity index (χ4v) is 3.38. The highest BCUT2D eigenvalue weighted by atomic mass is 15.2. The first kappa shape index (κ1) is 15.5. The molecule has 0 amide bonds. The minimum Gasteiger partial charge on any atom is -0.329 e. The van der Waals surface area contributed by atoms with Crippen molar-refractivity contribution in [2.45, 2.75) is 58.5 Å². The van der Waals surface area contributed by atoms with Crippen LogP contribution in [0.4, 0.5) is 0 Å². The highest BCUT2D eigenvalue weighted by Gasteiger charge is 2.36. The second-order valence-corrected chi connectivity index (χ2v) is 6.89. The predicted octanol–water partition coefficient (Wildman–Crippen LogP) is 3.64. The number of rotatable bonds is 4. The Morgan fingerprint density at radius 3 is 2.40 bits per heavy atom. The largest absolute Gasteiger partial charge is 0.329 e. The normalized spacial score (nSPS) is 27.0. The average molecular weight is 274 g/mol. The van der Waals surface area contributed by atoms with E-state index < -0.39 is 0 Å². The van der Waals surface area contributed by atoms with Crippen molar-refractivity contribution < 1.29 is 0 Å². The minimum atomic E-state index is 0.214. The molecule has 112 valence electrons. The van der Waals surface area contributed by atoms with Gasteiger partial charge in [-0.3, -0.25) is 4.90 Å². The zero-order chi connectivity index (χ0) is 14.8. The monoisotopic (exact) mass is 274 g/mol. The third kappa shape index (κ3) is 3.24. The zero-order valence-corrected chi connectivity index (χ0v) is 13.6. The van der Waals surface area contributed by atoms with E-state index in [0.29, 0.717) is 0 Å². The van der Waals surface area contributed by atoms with Crippen LogP contribution in [0.1, 0.15) is 49.3 Å². The maximum Gasteiger partial charge on any atom is 0.0332 e. The molecule has 1 aliphatic rings. The van der Waals surface area contributed by atoms with Crippen molar-refractivity contribution in [1.82, 2.24) is 4.90 Å². The molecule has 1 saturated carbocycles. The van der Waals surface area contributed by atoms with Crippen LogP contribution in [0.5, 0.6) is 0 Å². The number of nitrogens with zero attached hydrogens (tertiary/aromatic N) is 1. The molecule has 0 saturated heterocycles. The topological polar surface area (TPSA) is 29.3 Å². The first-order valence-corrected chi connectivity index (χ1v) is 7.94. The third-order valence-electron chi connectivity index (χ3n) is 5.39. The summed E-state index contributed by atoms with van der Waals surface area (Å²) in [6, 6.07) is 6.81. The molecule has 1 fully saturated rings. The maximum absolute atomic E-state index is 6.15. The molecule has 0 spiro atoms. The van der Waals surface area contributed by atoms with Crippen LogP contribution >= 0.6 is 0 Å². The molecule has 2 heteroatoms. The molecule has 2 nitrogen and oxygen atoms in total. The van der Waals surface area contributed by atoms with Gasteiger partial charge in [-0.25, -0.2) is 0 Å². The number of hydrogen-bond acceptors (Lipinski definition) is 2. The van der Waals surface area contributed by atoms with Gasteiger partial charge in [0.15, 0.2) is 0 Å². The second kappa shape index (κ2) is 6.28. The molecule has 2 N–H and O–H groups in total. The van der Waals surface area contributed by atoms with Crippen LogP contribution in [0.3, 0.4) is 0 Å². The lowest BCUT2D eigenvalue weighted by atomic mass is 9.76. The minimum absolute atomic E-state index is 0.214. The smallest absolute Gasteiger partial charge is 0.0332 e. The lowest BCUT2D eigenvalue weighted by Crippen LogP contribution is -2.53. The van der Waals surface area contributed by atoms with Crippen molar-refractivity contribution in [3.05, 3.63) is 34.9 Å². The van der Waals surface area contributed by atoms with Gasteiger partial charge in [0, 0.05) is 18.6 Å². The Hall–Kier alpha value is -0.860. The molecule has 0 heterocycles. The van der Waals surface area contributed by atoms with E-state index in [1.54, 1.807) is 0 Å². The third-order valence-corrected chi connectivity index (χ3v) is 5.39. The van der Waals surface area contributed by atoms with Gasteiger partial charge in [0.1, 0.15) is 0 Å². The van der Waals surface area contributed by atoms with Gasteiger partial charge in [0.25, 0.3) is 0 Å². The Bertz CT molecular complexity index is 445. The Balaban J connectivity index is 2.09. The summed E-state index contributed by atoms with van der Waals surface area (Å²) in [5.41, 5.74) is 10.5. The molecule has 1 aromatic rings. The van der Waals surface area contributed by atoms with E-state index in [9.17, 15) is 0 Å². The van der Waals surface area contributed by atoms with Crippen LogP contribution in [0.25, 0.3) is 0 Å². The number of aryl methyl sites for hydroxylation is 2. The van der Waals surface area contributed by atoms with E-state index in [0.717, 1.165) is 19.0 Å². The van der Waals surface area contributed by atoms with Crippen LogP contribution in [-0.4, -0.2) is 24.0 Å². The van der Waals surface area contributed by atoms with Gasteiger partial charge in [0.2, 0.25) is 0 Å². The molecule has 0 radical (unpaired) electrons. The first-order valence-electron chi connectivity index (χ1n) is 7.94. The van der Waals surface area contributed by atoms with Crippen LogP contribution in [0, 0.1) is 19.8 Å². The average Bonchev–Trinajstić information content (AvgIpc) is 2.44. The van der Waals surface area contributed by atoms with Gasteiger partial charge in [-0.2, -0.15) is 0 Å². The summed E-state index contributed by atoms with van der Waals surface area (Å²) < 4.78 is 0. The molecule has 0 unspecified atom stereocenters. The van der Waals surface area contributed by atoms with Gasteiger partial charge < -0.3 is 5.73 Å². The molecular weight excluding hydrogens is 244 g/mol. The molecule has 0 aromatic heterocycles. The molecule has 0 bridgehead atoms. The Labute approximate surface area is 124 Å². The second-order valence-electron chi connectivity index (χ2n) is 6.89. The van der Waals surface area contributed by atoms with Crippen LogP contribution in [0.2, 0.25) is 0 Å². The van der Waals surface area contributed by atoms with Crippen LogP contribution in [0.15, 0.2) is 18.2 Å². The van der Waals surface area contributed by atoms with E-state index in [4.69, 9.17) is 5.73 Å². The lowest BCUT2D eigenvalue weighted by Gasteiger charge is -2.45. The van der Waals surface area contributed by atoms with Gasteiger partial charge in [-0.15, -0.1) is 0 Å². The summed E-state index contributed by atoms with van der Waals surface area (Å²) in [6.45, 7) is 8.52. The van der Waals surface area contributed by atoms with Gasteiger partial charge in [-0.1, -0.05) is 25.1 Å². The Morgan fingerprint density at radius 1 is 1.20 bits per heavy atom. The highest BCUT2D eigenvalue weighted by Crippen LogP contribution is 2.35. The van der Waals surface area contributed by atoms with E-state index in [1.165, 1.54) is 42.4 Å². The van der Waals surface area contributed by atoms with Crippen molar-refractivity contribution in [2.24, 2.45) is 11.7 Å². The summed E-state index contributed by atoms with van der Waals surface area (Å²) in [5.74, 6) is 0.865. The van der Waals surface area contributed by atoms with Crippen molar-refractivity contribution in [2.75, 3.05) is 13.6 Å². The van der Waals surface area contributed by atoms with Crippen molar-refractivity contribution >= 4 is 0 Å². The lowest BCUT2D eigenvalue weighted by molar-refractivity contribution is 0.0616. The summed E-state index contributed by atoms with van der Waals surface area (Å²) in [6.07, 6.45) is 5.11. The number of likely N-dealkylation sites (N-methyl/N-ethyl adjacent to an activating group) is 1. The first-order chi connectivity index (χ1) is 9.47. The maximum atomic E-state index is 6.15. The Morgan fingerprint density at radius 2 is 1.85 bits per heavy atom. The Kier molecular flexibility index (Phi) is 4.87. The standard InChI is InChI=1S/C18H30N2/c1-14-7-9-18(13-19,10-8-14)20(4)12-17-6-5-15(2)16(3)11-17/h5-6,11,14H,7-10,12-13,19H2,1-4H3. The van der Waals surface area contributed by atoms with Gasteiger partial charge in [-0.05, 0) is 69.2 Å². The fraction of sp³-hybridized carbons (Fsp3) is 0.667. The van der Waals surface area contributed by atoms with Gasteiger partial charge in [0.05, 0.1) is 0 Å². The zero-order valence-electron chi connectivity index (χ0n) is 13.6. The van der Waals surface area contributed by atoms with Crippen molar-refractivity contribution in [3.8, 4) is 0 Å². The van der Waals surface area contributed by atoms with E-state index in [-0.39, 0.29) is 5.54 Å². The predicted molar refractivity (Wildman–Crippen MR) is 86.8 cm³/mol. The molecule has 20 heavy (non-hydrogen) atoms. The summed E-state index contributed by atoms with van der Waals surface area (Å²) in [7, 11) is 2.25. The van der Waals surface area contributed by atoms with E-state index in [1.807, 2.05) is 0 Å². The summed E-state index contributed by atoms with van der Waals surface area (Å²) >= 11 is 0. The van der Waals surface area contributed by atoms with Crippen LogP contribution < -0.4 is 5.73 Å². The SMILES string of the molecule is Cc1ccc(CN(C)C2(CN)CCC(C)CC2)cc1C. The molecular formula is C18H30N2. The quantitative estimate of drug-likeness (QED) is 0.908. The molecule has 1 aliphatic carbocycles. The highest BCUT2D eigenvalue weighted by molar-refractivity contribution is 5.30. The van der Waals surface area contributed by atoms with Crippen molar-refractivity contribution in [3.63, 3.8) is 0 Å². The molecule has 0 aliphatic heterocycles. The molecule has 1 aromatic carbocycles.